The Morgan fingerprint density at radius 1 is 1.19 bits per heavy atom. The summed E-state index contributed by atoms with van der Waals surface area (Å²) in [7, 11) is 0. The van der Waals surface area contributed by atoms with Crippen molar-refractivity contribution < 1.29 is 19.2 Å². The normalized spacial score (nSPS) is 16.3. The van der Waals surface area contributed by atoms with Crippen molar-refractivity contribution in [2.75, 3.05) is 11.6 Å². The molecule has 26 heavy (non-hydrogen) atoms. The van der Waals surface area contributed by atoms with Crippen LogP contribution in [0.25, 0.3) is 0 Å². The van der Waals surface area contributed by atoms with Crippen molar-refractivity contribution in [1.82, 2.24) is 0 Å². The van der Waals surface area contributed by atoms with Crippen LogP contribution < -0.4 is 5.01 Å². The highest BCUT2D eigenvalue weighted by Crippen LogP contribution is 2.28. The second kappa shape index (κ2) is 7.14. The van der Waals surface area contributed by atoms with Gasteiger partial charge in [-0.2, -0.15) is 10.1 Å². The second-order valence-corrected chi connectivity index (χ2v) is 5.46. The van der Waals surface area contributed by atoms with Crippen LogP contribution in [-0.2, 0) is 14.3 Å². The lowest BCUT2D eigenvalue weighted by atomic mass is 9.96. The number of hydrogen-bond donors (Lipinski definition) is 0. The summed E-state index contributed by atoms with van der Waals surface area (Å²) < 4.78 is 5.02. The van der Waals surface area contributed by atoms with Gasteiger partial charge in [0.15, 0.2) is 5.92 Å². The van der Waals surface area contributed by atoms with E-state index in [1.165, 1.54) is 24.3 Å². The minimum Gasteiger partial charge on any atom is -0.465 e. The van der Waals surface area contributed by atoms with Crippen LogP contribution in [0.1, 0.15) is 12.5 Å². The van der Waals surface area contributed by atoms with Gasteiger partial charge in [-0.25, -0.2) is 0 Å². The number of para-hydroxylation sites is 1. The number of nitrogens with zero attached hydrogens (tertiary/aromatic N) is 3. The molecule has 8 heteroatoms. The Morgan fingerprint density at radius 2 is 1.85 bits per heavy atom. The van der Waals surface area contributed by atoms with Crippen LogP contribution in [0, 0.1) is 16.0 Å². The summed E-state index contributed by atoms with van der Waals surface area (Å²) >= 11 is 0. The van der Waals surface area contributed by atoms with E-state index in [0.29, 0.717) is 11.3 Å². The molecule has 0 saturated carbocycles. The number of carbonyl (C=O) groups is 2. The monoisotopic (exact) mass is 353 g/mol. The standard InChI is InChI=1S/C18H15N3O5/c1-2-26-18(23)15-16(12-8-10-14(11-9-12)21(24)25)19-20(17(15)22)13-6-4-3-5-7-13/h3-11,15H,2H2,1H3. The zero-order chi connectivity index (χ0) is 18.7. The van der Waals surface area contributed by atoms with Gasteiger partial charge in [-0.05, 0) is 36.8 Å². The lowest BCUT2D eigenvalue weighted by Gasteiger charge is -2.13. The Kier molecular flexibility index (Phi) is 4.74. The molecule has 8 nitrogen and oxygen atoms in total. The molecule has 0 N–H and O–H groups in total. The van der Waals surface area contributed by atoms with E-state index >= 15 is 0 Å². The molecule has 1 unspecified atom stereocenters. The topological polar surface area (TPSA) is 102 Å². The van der Waals surface area contributed by atoms with Crippen LogP contribution in [0.4, 0.5) is 11.4 Å². The van der Waals surface area contributed by atoms with Crippen LogP contribution in [0.15, 0.2) is 59.7 Å². The Morgan fingerprint density at radius 3 is 2.42 bits per heavy atom. The molecular formula is C18H15N3O5. The third-order valence-corrected chi connectivity index (χ3v) is 3.83. The molecule has 0 bridgehead atoms. The third-order valence-electron chi connectivity index (χ3n) is 3.83. The summed E-state index contributed by atoms with van der Waals surface area (Å²) in [5.41, 5.74) is 1.07. The number of ether oxygens (including phenoxy) is 1. The average Bonchev–Trinajstić information content (AvgIpc) is 3.00. The smallest absolute Gasteiger partial charge is 0.324 e. The van der Waals surface area contributed by atoms with Gasteiger partial charge in [0.1, 0.15) is 0 Å². The number of hydrazone groups is 1. The summed E-state index contributed by atoms with van der Waals surface area (Å²) in [4.78, 5) is 35.4. The van der Waals surface area contributed by atoms with Crippen molar-refractivity contribution in [1.29, 1.82) is 0 Å². The highest BCUT2D eigenvalue weighted by Gasteiger charge is 2.43. The van der Waals surface area contributed by atoms with Crippen LogP contribution >= 0.6 is 0 Å². The zero-order valence-electron chi connectivity index (χ0n) is 13.9. The van der Waals surface area contributed by atoms with E-state index in [-0.39, 0.29) is 18.0 Å². The second-order valence-electron chi connectivity index (χ2n) is 5.46. The first-order valence-electron chi connectivity index (χ1n) is 7.92. The predicted molar refractivity (Wildman–Crippen MR) is 93.7 cm³/mol. The number of hydrogen-bond acceptors (Lipinski definition) is 6. The predicted octanol–water partition coefficient (Wildman–Crippen LogP) is 2.53. The molecule has 1 amide bonds. The number of anilines is 1. The van der Waals surface area contributed by atoms with Crippen LogP contribution in [-0.4, -0.2) is 29.1 Å². The lowest BCUT2D eigenvalue weighted by molar-refractivity contribution is -0.384. The van der Waals surface area contributed by atoms with Crippen molar-refractivity contribution in [3.05, 3.63) is 70.3 Å². The molecule has 0 spiro atoms. The first-order chi connectivity index (χ1) is 12.5. The molecule has 0 fully saturated rings. The van der Waals surface area contributed by atoms with E-state index in [0.717, 1.165) is 5.01 Å². The average molecular weight is 353 g/mol. The molecule has 2 aromatic carbocycles. The molecule has 0 saturated heterocycles. The minimum atomic E-state index is -1.21. The summed E-state index contributed by atoms with van der Waals surface area (Å²) in [6, 6.07) is 14.2. The highest BCUT2D eigenvalue weighted by atomic mass is 16.6. The maximum Gasteiger partial charge on any atom is 0.324 e. The molecule has 0 radical (unpaired) electrons. The largest absolute Gasteiger partial charge is 0.465 e. The number of amides is 1. The van der Waals surface area contributed by atoms with Gasteiger partial charge in [-0.3, -0.25) is 19.7 Å². The quantitative estimate of drug-likeness (QED) is 0.356. The maximum atomic E-state index is 12.8. The lowest BCUT2D eigenvalue weighted by Crippen LogP contribution is -2.34. The molecule has 1 atom stereocenters. The van der Waals surface area contributed by atoms with Crippen LogP contribution in [0.5, 0.6) is 0 Å². The summed E-state index contributed by atoms with van der Waals surface area (Å²) in [5, 5.41) is 16.3. The third kappa shape index (κ3) is 3.16. The summed E-state index contributed by atoms with van der Waals surface area (Å²) in [5.74, 6) is -2.44. The number of nitro groups is 1. The van der Waals surface area contributed by atoms with Gasteiger partial charge in [-0.1, -0.05) is 18.2 Å². The number of nitro benzene ring substituents is 1. The highest BCUT2D eigenvalue weighted by molar-refractivity contribution is 6.30. The molecule has 0 aliphatic carbocycles. The molecule has 132 valence electrons. The molecule has 1 aliphatic heterocycles. The first kappa shape index (κ1) is 17.3. The molecule has 0 aromatic heterocycles. The van der Waals surface area contributed by atoms with E-state index in [4.69, 9.17) is 4.74 Å². The van der Waals surface area contributed by atoms with E-state index in [9.17, 15) is 19.7 Å². The van der Waals surface area contributed by atoms with Crippen LogP contribution in [0.3, 0.4) is 0 Å². The van der Waals surface area contributed by atoms with Crippen molar-refractivity contribution in [3.8, 4) is 0 Å². The molecular weight excluding hydrogens is 338 g/mol. The number of carbonyl (C=O) groups excluding carboxylic acids is 2. The van der Waals surface area contributed by atoms with Gasteiger partial charge in [0.25, 0.3) is 11.6 Å². The van der Waals surface area contributed by atoms with E-state index in [1.807, 2.05) is 0 Å². The van der Waals surface area contributed by atoms with Crippen molar-refractivity contribution in [2.24, 2.45) is 11.0 Å². The van der Waals surface area contributed by atoms with Crippen molar-refractivity contribution in [3.63, 3.8) is 0 Å². The van der Waals surface area contributed by atoms with Gasteiger partial charge >= 0.3 is 5.97 Å². The Hall–Kier alpha value is -3.55. The van der Waals surface area contributed by atoms with Crippen LogP contribution in [0.2, 0.25) is 0 Å². The molecule has 2 aromatic rings. The van der Waals surface area contributed by atoms with Gasteiger partial charge in [0.05, 0.1) is 22.9 Å². The fourth-order valence-corrected chi connectivity index (χ4v) is 2.62. The number of benzene rings is 2. The fourth-order valence-electron chi connectivity index (χ4n) is 2.62. The Balaban J connectivity index is 2.03. The minimum absolute atomic E-state index is 0.0914. The van der Waals surface area contributed by atoms with E-state index in [1.54, 1.807) is 37.3 Å². The number of rotatable bonds is 5. The summed E-state index contributed by atoms with van der Waals surface area (Å²) in [6.45, 7) is 1.77. The summed E-state index contributed by atoms with van der Waals surface area (Å²) in [6.07, 6.45) is 0. The van der Waals surface area contributed by atoms with Crippen molar-refractivity contribution in [2.45, 2.75) is 6.92 Å². The molecule has 1 heterocycles. The first-order valence-corrected chi connectivity index (χ1v) is 7.92. The number of esters is 1. The van der Waals surface area contributed by atoms with Gasteiger partial charge in [0.2, 0.25) is 0 Å². The zero-order valence-corrected chi connectivity index (χ0v) is 13.9. The molecule has 3 rings (SSSR count). The number of non-ortho nitro benzene ring substituents is 1. The Bertz CT molecular complexity index is 877. The SMILES string of the molecule is CCOC(=O)C1C(=O)N(c2ccccc2)N=C1c1ccc([N+](=O)[O-])cc1. The maximum absolute atomic E-state index is 12.8. The van der Waals surface area contributed by atoms with E-state index < -0.39 is 22.7 Å². The molecule has 1 aliphatic rings. The van der Waals surface area contributed by atoms with Gasteiger partial charge in [0, 0.05) is 12.1 Å². The fraction of sp³-hybridized carbons (Fsp3) is 0.167. The van der Waals surface area contributed by atoms with E-state index in [2.05, 4.69) is 5.10 Å². The van der Waals surface area contributed by atoms with Gasteiger partial charge < -0.3 is 4.74 Å². The Labute approximate surface area is 148 Å². The van der Waals surface area contributed by atoms with Gasteiger partial charge in [-0.15, -0.1) is 0 Å². The van der Waals surface area contributed by atoms with Crippen molar-refractivity contribution >= 4 is 29.0 Å².